The fourth-order valence-electron chi connectivity index (χ4n) is 1.82. The summed E-state index contributed by atoms with van der Waals surface area (Å²) < 4.78 is 6.14. The van der Waals surface area contributed by atoms with Gasteiger partial charge in [0.25, 0.3) is 0 Å². The van der Waals surface area contributed by atoms with Crippen molar-refractivity contribution in [1.29, 1.82) is 0 Å². The van der Waals surface area contributed by atoms with Crippen LogP contribution < -0.4 is 4.74 Å². The molecule has 0 fully saturated rings. The van der Waals surface area contributed by atoms with E-state index in [1.165, 1.54) is 6.92 Å². The van der Waals surface area contributed by atoms with Crippen molar-refractivity contribution in [2.75, 3.05) is 7.05 Å². The molecular formula is C15H14INO2. The number of carbonyl (C=O) groups is 1. The molecule has 4 heteroatoms. The van der Waals surface area contributed by atoms with E-state index in [9.17, 15) is 4.79 Å². The molecular weight excluding hydrogens is 353 g/mol. The first-order valence-electron chi connectivity index (χ1n) is 5.78. The molecule has 0 bridgehead atoms. The van der Waals surface area contributed by atoms with Crippen LogP contribution in [-0.2, 0) is 4.79 Å². The molecule has 1 aromatic carbocycles. The molecule has 0 saturated heterocycles. The number of likely N-dealkylation sites (N-methyl/N-ethyl adjacent to an activating group) is 1. The first-order valence-corrected chi connectivity index (χ1v) is 6.86. The summed E-state index contributed by atoms with van der Waals surface area (Å²) in [4.78, 5) is 12.9. The number of hydrogen-bond acceptors (Lipinski definition) is 3. The number of halogens is 1. The maximum atomic E-state index is 10.9. The SMILES string of the molecule is C=C1C(I)=CC=C(c2ccc(OC(C)=O)cc2)N1C. The molecule has 0 spiro atoms. The molecule has 98 valence electrons. The number of ether oxygens (including phenoxy) is 1. The van der Waals surface area contributed by atoms with Gasteiger partial charge >= 0.3 is 5.97 Å². The second-order valence-electron chi connectivity index (χ2n) is 4.19. The third-order valence-electron chi connectivity index (χ3n) is 2.84. The summed E-state index contributed by atoms with van der Waals surface area (Å²) in [6.07, 6.45) is 4.09. The molecule has 0 radical (unpaired) electrons. The highest BCUT2D eigenvalue weighted by molar-refractivity contribution is 14.1. The maximum Gasteiger partial charge on any atom is 0.308 e. The maximum absolute atomic E-state index is 10.9. The molecule has 19 heavy (non-hydrogen) atoms. The van der Waals surface area contributed by atoms with Crippen LogP contribution in [0.2, 0.25) is 0 Å². The number of nitrogens with zero attached hydrogens (tertiary/aromatic N) is 1. The zero-order valence-corrected chi connectivity index (χ0v) is 13.0. The first-order chi connectivity index (χ1) is 8.99. The van der Waals surface area contributed by atoms with Crippen molar-refractivity contribution >= 4 is 34.3 Å². The van der Waals surface area contributed by atoms with Crippen LogP contribution in [-0.4, -0.2) is 17.9 Å². The van der Waals surface area contributed by atoms with Gasteiger partial charge in [0.15, 0.2) is 0 Å². The molecule has 0 aliphatic carbocycles. The predicted molar refractivity (Wildman–Crippen MR) is 84.7 cm³/mol. The quantitative estimate of drug-likeness (QED) is 0.453. The molecule has 0 N–H and O–H groups in total. The average molecular weight is 367 g/mol. The monoisotopic (exact) mass is 367 g/mol. The number of esters is 1. The number of carbonyl (C=O) groups excluding carboxylic acids is 1. The second kappa shape index (κ2) is 5.61. The highest BCUT2D eigenvalue weighted by Crippen LogP contribution is 2.32. The van der Waals surface area contributed by atoms with Crippen molar-refractivity contribution < 1.29 is 9.53 Å². The zero-order valence-electron chi connectivity index (χ0n) is 10.8. The lowest BCUT2D eigenvalue weighted by atomic mass is 10.1. The number of allylic oxidation sites excluding steroid dienone is 3. The van der Waals surface area contributed by atoms with Gasteiger partial charge in [-0.05, 0) is 64.6 Å². The lowest BCUT2D eigenvalue weighted by Crippen LogP contribution is -2.17. The van der Waals surface area contributed by atoms with Gasteiger partial charge in [-0.15, -0.1) is 0 Å². The third kappa shape index (κ3) is 3.07. The molecule has 2 rings (SSSR count). The molecule has 0 aromatic heterocycles. The van der Waals surface area contributed by atoms with Gasteiger partial charge in [-0.1, -0.05) is 6.58 Å². The number of benzene rings is 1. The van der Waals surface area contributed by atoms with E-state index < -0.39 is 0 Å². The summed E-state index contributed by atoms with van der Waals surface area (Å²) in [6, 6.07) is 7.44. The zero-order chi connectivity index (χ0) is 14.0. The minimum absolute atomic E-state index is 0.312. The Kier molecular flexibility index (Phi) is 4.09. The summed E-state index contributed by atoms with van der Waals surface area (Å²) in [5.41, 5.74) is 3.10. The first kappa shape index (κ1) is 13.9. The van der Waals surface area contributed by atoms with Crippen LogP contribution in [0.1, 0.15) is 12.5 Å². The molecule has 0 saturated carbocycles. The fourth-order valence-corrected chi connectivity index (χ4v) is 2.36. The Morgan fingerprint density at radius 3 is 2.47 bits per heavy atom. The van der Waals surface area contributed by atoms with Crippen molar-refractivity contribution in [2.24, 2.45) is 0 Å². The summed E-state index contributed by atoms with van der Waals surface area (Å²) >= 11 is 2.26. The molecule has 0 amide bonds. The van der Waals surface area contributed by atoms with Crippen LogP contribution in [0, 0.1) is 0 Å². The van der Waals surface area contributed by atoms with Crippen molar-refractivity contribution in [2.45, 2.75) is 6.92 Å². The predicted octanol–water partition coefficient (Wildman–Crippen LogP) is 3.73. The fraction of sp³-hybridized carbons (Fsp3) is 0.133. The minimum atomic E-state index is -0.312. The van der Waals surface area contributed by atoms with Crippen LogP contribution >= 0.6 is 22.6 Å². The van der Waals surface area contributed by atoms with Gasteiger partial charge in [-0.2, -0.15) is 0 Å². The van der Waals surface area contributed by atoms with Crippen molar-refractivity contribution in [3.05, 3.63) is 57.8 Å². The Hall–Kier alpha value is -1.56. The van der Waals surface area contributed by atoms with Crippen molar-refractivity contribution in [3.63, 3.8) is 0 Å². The van der Waals surface area contributed by atoms with E-state index in [-0.39, 0.29) is 5.97 Å². The standard InChI is InChI=1S/C15H14INO2/c1-10-14(16)8-9-15(17(10)3)12-4-6-13(7-5-12)19-11(2)18/h4-9H,1H2,2-3H3. The molecule has 1 aliphatic rings. The summed E-state index contributed by atoms with van der Waals surface area (Å²) in [7, 11) is 1.99. The van der Waals surface area contributed by atoms with Gasteiger partial charge in [0.05, 0.1) is 0 Å². The second-order valence-corrected chi connectivity index (χ2v) is 5.35. The largest absolute Gasteiger partial charge is 0.427 e. The van der Waals surface area contributed by atoms with Gasteiger partial charge in [-0.25, -0.2) is 0 Å². The lowest BCUT2D eigenvalue weighted by Gasteiger charge is -2.27. The smallest absolute Gasteiger partial charge is 0.308 e. The average Bonchev–Trinajstić information content (AvgIpc) is 2.37. The minimum Gasteiger partial charge on any atom is -0.427 e. The van der Waals surface area contributed by atoms with E-state index in [1.54, 1.807) is 12.1 Å². The molecule has 1 aromatic rings. The summed E-state index contributed by atoms with van der Waals surface area (Å²) in [5.74, 6) is 0.242. The molecule has 1 heterocycles. The Labute approximate surface area is 126 Å². The van der Waals surface area contributed by atoms with E-state index in [4.69, 9.17) is 4.74 Å². The summed E-state index contributed by atoms with van der Waals surface area (Å²) in [6.45, 7) is 5.44. The van der Waals surface area contributed by atoms with Crippen LogP contribution in [0.4, 0.5) is 0 Å². The van der Waals surface area contributed by atoms with Gasteiger partial charge in [0.1, 0.15) is 5.75 Å². The van der Waals surface area contributed by atoms with Crippen molar-refractivity contribution in [3.8, 4) is 5.75 Å². The molecule has 3 nitrogen and oxygen atoms in total. The van der Waals surface area contributed by atoms with Crippen molar-refractivity contribution in [1.82, 2.24) is 4.90 Å². The molecule has 0 atom stereocenters. The normalized spacial score (nSPS) is 14.9. The van der Waals surface area contributed by atoms with Gasteiger partial charge < -0.3 is 9.64 Å². The Morgan fingerprint density at radius 1 is 1.26 bits per heavy atom. The Bertz CT molecular complexity index is 585. The third-order valence-corrected chi connectivity index (χ3v) is 3.82. The number of hydrogen-bond donors (Lipinski definition) is 0. The van der Waals surface area contributed by atoms with Crippen LogP contribution in [0.3, 0.4) is 0 Å². The van der Waals surface area contributed by atoms with Crippen LogP contribution in [0.25, 0.3) is 5.70 Å². The van der Waals surface area contributed by atoms with E-state index in [0.717, 1.165) is 20.5 Å². The molecule has 1 aliphatic heterocycles. The van der Waals surface area contributed by atoms with Gasteiger partial charge in [0, 0.05) is 28.9 Å². The highest BCUT2D eigenvalue weighted by Gasteiger charge is 2.15. The van der Waals surface area contributed by atoms with E-state index in [1.807, 2.05) is 30.2 Å². The van der Waals surface area contributed by atoms with E-state index in [0.29, 0.717) is 5.75 Å². The van der Waals surface area contributed by atoms with E-state index in [2.05, 4.69) is 35.2 Å². The van der Waals surface area contributed by atoms with Gasteiger partial charge in [-0.3, -0.25) is 4.79 Å². The topological polar surface area (TPSA) is 29.5 Å². The van der Waals surface area contributed by atoms with Gasteiger partial charge in [0.2, 0.25) is 0 Å². The Balaban J connectivity index is 2.28. The highest BCUT2D eigenvalue weighted by atomic mass is 127. The van der Waals surface area contributed by atoms with E-state index >= 15 is 0 Å². The van der Waals surface area contributed by atoms with Crippen LogP contribution in [0.15, 0.2) is 52.3 Å². The van der Waals surface area contributed by atoms with Crippen LogP contribution in [0.5, 0.6) is 5.75 Å². The number of rotatable bonds is 2. The molecule has 0 unspecified atom stereocenters. The lowest BCUT2D eigenvalue weighted by molar-refractivity contribution is -0.131. The summed E-state index contributed by atoms with van der Waals surface area (Å²) in [5, 5.41) is 0. The Morgan fingerprint density at radius 2 is 1.89 bits per heavy atom.